The largest absolute Gasteiger partial charge is 0.493 e. The van der Waals surface area contributed by atoms with Crippen LogP contribution in [0.15, 0.2) is 65.6 Å². The van der Waals surface area contributed by atoms with Gasteiger partial charge in [-0.25, -0.2) is 13.2 Å². The number of sulfone groups is 1. The first-order valence-corrected chi connectivity index (χ1v) is 13.9. The molecule has 1 aliphatic rings. The molecule has 0 N–H and O–H groups in total. The normalized spacial score (nSPS) is 13.2. The molecule has 1 amide bonds. The Labute approximate surface area is 221 Å². The van der Waals surface area contributed by atoms with Gasteiger partial charge < -0.3 is 23.8 Å². The second-order valence-corrected chi connectivity index (χ2v) is 10.7. The number of carbonyl (C=O) groups excluding carboxylic acids is 2. The van der Waals surface area contributed by atoms with Gasteiger partial charge in [-0.15, -0.1) is 0 Å². The first-order valence-electron chi connectivity index (χ1n) is 12.0. The average molecular weight is 540 g/mol. The predicted octanol–water partition coefficient (Wildman–Crippen LogP) is 4.62. The summed E-state index contributed by atoms with van der Waals surface area (Å²) in [6.07, 6.45) is 0.821. The van der Waals surface area contributed by atoms with Crippen LogP contribution >= 0.6 is 0 Å². The average Bonchev–Trinajstić information content (AvgIpc) is 3.29. The second kappa shape index (κ2) is 11.6. The maximum atomic E-state index is 12.2. The summed E-state index contributed by atoms with van der Waals surface area (Å²) in [7, 11) is -1.86. The smallest absolute Gasteiger partial charge is 0.410 e. The zero-order chi connectivity index (χ0) is 27.3. The van der Waals surface area contributed by atoms with Crippen LogP contribution < -0.4 is 9.47 Å². The first kappa shape index (κ1) is 27.0. The van der Waals surface area contributed by atoms with Crippen LogP contribution in [0, 0.1) is 0 Å². The molecule has 0 saturated carbocycles. The van der Waals surface area contributed by atoms with Gasteiger partial charge in [-0.2, -0.15) is 0 Å². The molecule has 0 aliphatic carbocycles. The highest BCUT2D eigenvalue weighted by atomic mass is 32.2. The minimum Gasteiger partial charge on any atom is -0.493 e. The van der Waals surface area contributed by atoms with Crippen LogP contribution in [0.5, 0.6) is 17.2 Å². The number of amides is 1. The van der Waals surface area contributed by atoms with E-state index >= 15 is 0 Å². The van der Waals surface area contributed by atoms with Crippen molar-refractivity contribution in [3.8, 4) is 28.4 Å². The lowest BCUT2D eigenvalue weighted by atomic mass is 10.0. The van der Waals surface area contributed by atoms with Crippen LogP contribution in [0.3, 0.4) is 0 Å². The number of carbonyl (C=O) groups is 2. The van der Waals surface area contributed by atoms with E-state index in [1.165, 1.54) is 7.11 Å². The summed E-state index contributed by atoms with van der Waals surface area (Å²) in [4.78, 5) is 26.0. The number of nitrogens with zero attached hydrogens (tertiary/aromatic N) is 1. The molecule has 1 heterocycles. The van der Waals surface area contributed by atoms with Crippen LogP contribution in [0.2, 0.25) is 0 Å². The second-order valence-electron chi connectivity index (χ2n) is 8.73. The van der Waals surface area contributed by atoms with Crippen molar-refractivity contribution in [3.63, 3.8) is 0 Å². The van der Waals surface area contributed by atoms with Gasteiger partial charge in [-0.3, -0.25) is 4.79 Å². The maximum absolute atomic E-state index is 12.2. The molecule has 10 heteroatoms. The molecule has 0 aromatic heterocycles. The Bertz CT molecular complexity index is 1450. The summed E-state index contributed by atoms with van der Waals surface area (Å²) in [5, 5.41) is 0. The van der Waals surface area contributed by atoms with Gasteiger partial charge >= 0.3 is 12.1 Å². The fraction of sp³-hybridized carbons (Fsp3) is 0.286. The Morgan fingerprint density at radius 1 is 1.00 bits per heavy atom. The topological polar surface area (TPSA) is 108 Å². The highest BCUT2D eigenvalue weighted by Crippen LogP contribution is 2.37. The van der Waals surface area contributed by atoms with Crippen LogP contribution in [0.25, 0.3) is 11.1 Å². The molecule has 0 spiro atoms. The van der Waals surface area contributed by atoms with E-state index in [0.29, 0.717) is 53.7 Å². The predicted molar refractivity (Wildman–Crippen MR) is 140 cm³/mol. The molecule has 3 aromatic rings. The van der Waals surface area contributed by atoms with Crippen LogP contribution in [0.4, 0.5) is 4.79 Å². The molecule has 38 heavy (non-hydrogen) atoms. The number of methoxy groups -OCH3 is 1. The third-order valence-corrected chi connectivity index (χ3v) is 7.07. The molecule has 0 radical (unpaired) electrons. The third-order valence-electron chi connectivity index (χ3n) is 5.96. The van der Waals surface area contributed by atoms with Gasteiger partial charge in [0.1, 0.15) is 12.4 Å². The molecule has 200 valence electrons. The van der Waals surface area contributed by atoms with Crippen molar-refractivity contribution in [1.29, 1.82) is 0 Å². The van der Waals surface area contributed by atoms with Crippen molar-refractivity contribution in [3.05, 3.63) is 71.8 Å². The summed E-state index contributed by atoms with van der Waals surface area (Å²) >= 11 is 0. The lowest BCUT2D eigenvalue weighted by Gasteiger charge is -2.19. The highest BCUT2D eigenvalue weighted by Gasteiger charge is 2.24. The number of benzene rings is 3. The van der Waals surface area contributed by atoms with Crippen molar-refractivity contribution < 1.29 is 37.0 Å². The Kier molecular flexibility index (Phi) is 8.21. The molecular formula is C28H29NO8S. The fourth-order valence-electron chi connectivity index (χ4n) is 4.07. The number of hydrogen-bond acceptors (Lipinski definition) is 8. The molecule has 1 aliphatic heterocycles. The van der Waals surface area contributed by atoms with Gasteiger partial charge in [-0.1, -0.05) is 24.3 Å². The molecule has 0 unspecified atom stereocenters. The van der Waals surface area contributed by atoms with E-state index in [1.54, 1.807) is 54.3 Å². The van der Waals surface area contributed by atoms with Crippen molar-refractivity contribution in [2.75, 3.05) is 33.1 Å². The molecular weight excluding hydrogens is 510 g/mol. The Balaban J connectivity index is 1.72. The van der Waals surface area contributed by atoms with E-state index < -0.39 is 15.9 Å². The van der Waals surface area contributed by atoms with E-state index in [9.17, 15) is 18.0 Å². The van der Waals surface area contributed by atoms with Gasteiger partial charge in [0, 0.05) is 11.8 Å². The first-order chi connectivity index (χ1) is 18.2. The molecule has 0 atom stereocenters. The Morgan fingerprint density at radius 3 is 2.45 bits per heavy atom. The maximum Gasteiger partial charge on any atom is 0.410 e. The molecule has 9 nitrogen and oxygen atoms in total. The van der Waals surface area contributed by atoms with Gasteiger partial charge in [0.05, 0.1) is 38.1 Å². The fourth-order valence-corrected chi connectivity index (χ4v) is 4.74. The van der Waals surface area contributed by atoms with Crippen molar-refractivity contribution in [2.45, 2.75) is 24.8 Å². The zero-order valence-corrected chi connectivity index (χ0v) is 22.2. The summed E-state index contributed by atoms with van der Waals surface area (Å²) in [5.74, 6) is 0.984. The SMILES string of the molecule is CCOC(=O)Cc1ccc(OC)c(Oc2ccc(-c3cccc(S(C)(=O)=O)c3)cc2CN2CCOC2=O)c1. The van der Waals surface area contributed by atoms with Crippen LogP contribution in [0.1, 0.15) is 18.1 Å². The molecule has 3 aromatic carbocycles. The summed E-state index contributed by atoms with van der Waals surface area (Å²) < 4.78 is 46.0. The summed E-state index contributed by atoms with van der Waals surface area (Å²) in [6.45, 7) is 3.00. The monoisotopic (exact) mass is 539 g/mol. The lowest BCUT2D eigenvalue weighted by molar-refractivity contribution is -0.142. The quantitative estimate of drug-likeness (QED) is 0.344. The highest BCUT2D eigenvalue weighted by molar-refractivity contribution is 7.90. The lowest BCUT2D eigenvalue weighted by Crippen LogP contribution is -2.23. The number of esters is 1. The van der Waals surface area contributed by atoms with Crippen molar-refractivity contribution in [2.24, 2.45) is 0 Å². The number of cyclic esters (lactones) is 1. The van der Waals surface area contributed by atoms with Gasteiger partial charge in [0.2, 0.25) is 0 Å². The standard InChI is InChI=1S/C28H29NO8S/c1-4-35-27(30)15-19-8-10-25(34-2)26(14-19)37-24-11-9-21(16-22(24)18-29-12-13-36-28(29)31)20-6-5-7-23(17-20)38(3,32)33/h5-11,14,16-17H,4,12-13,15,18H2,1-3H3. The van der Waals surface area contributed by atoms with E-state index in [0.717, 1.165) is 11.8 Å². The number of rotatable bonds is 10. The zero-order valence-electron chi connectivity index (χ0n) is 21.4. The number of ether oxygens (including phenoxy) is 4. The Morgan fingerprint density at radius 2 is 1.76 bits per heavy atom. The van der Waals surface area contributed by atoms with Crippen molar-refractivity contribution >= 4 is 21.9 Å². The Hall–Kier alpha value is -4.05. The van der Waals surface area contributed by atoms with Gasteiger partial charge in [0.25, 0.3) is 0 Å². The van der Waals surface area contributed by atoms with E-state index in [2.05, 4.69) is 0 Å². The molecule has 0 bridgehead atoms. The molecule has 1 fully saturated rings. The summed E-state index contributed by atoms with van der Waals surface area (Å²) in [5.41, 5.74) is 2.84. The molecule has 4 rings (SSSR count). The van der Waals surface area contributed by atoms with E-state index in [1.807, 2.05) is 18.2 Å². The van der Waals surface area contributed by atoms with E-state index in [-0.39, 0.29) is 23.8 Å². The van der Waals surface area contributed by atoms with Gasteiger partial charge in [-0.05, 0) is 60.0 Å². The third kappa shape index (κ3) is 6.44. The summed E-state index contributed by atoms with van der Waals surface area (Å²) in [6, 6.07) is 17.3. The van der Waals surface area contributed by atoms with Gasteiger partial charge in [0.15, 0.2) is 21.3 Å². The minimum atomic E-state index is -3.38. The minimum absolute atomic E-state index is 0.0796. The van der Waals surface area contributed by atoms with Crippen molar-refractivity contribution in [1.82, 2.24) is 4.90 Å². The van der Waals surface area contributed by atoms with Crippen LogP contribution in [-0.2, 0) is 37.1 Å². The van der Waals surface area contributed by atoms with Crippen LogP contribution in [-0.4, -0.2) is 58.5 Å². The van der Waals surface area contributed by atoms with E-state index in [4.69, 9.17) is 18.9 Å². The molecule has 1 saturated heterocycles. The number of hydrogen-bond donors (Lipinski definition) is 0.